The lowest BCUT2D eigenvalue weighted by atomic mass is 10.1. The monoisotopic (exact) mass is 438 g/mol. The van der Waals surface area contributed by atoms with Crippen LogP contribution in [0.4, 0.5) is 4.79 Å². The largest absolute Gasteiger partial charge is 0.548 e. The van der Waals surface area contributed by atoms with Crippen LogP contribution >= 0.6 is 0 Å². The fourth-order valence-electron chi connectivity index (χ4n) is 3.55. The Morgan fingerprint density at radius 1 is 1.26 bits per heavy atom. The highest BCUT2D eigenvalue weighted by Crippen LogP contribution is 2.36. The van der Waals surface area contributed by atoms with Crippen LogP contribution in [-0.4, -0.2) is 59.0 Å². The Morgan fingerprint density at radius 2 is 1.84 bits per heavy atom. The lowest BCUT2D eigenvalue weighted by molar-refractivity contribution is -0.436. The molecule has 1 aliphatic carbocycles. The number of nitrogens with one attached hydrogen (secondary N) is 1. The molecule has 0 radical (unpaired) electrons. The highest BCUT2D eigenvalue weighted by atomic mass is 16.8. The van der Waals surface area contributed by atoms with Crippen LogP contribution in [0.1, 0.15) is 46.6 Å². The number of fused-ring (bicyclic) bond motifs is 1. The van der Waals surface area contributed by atoms with E-state index in [-0.39, 0.29) is 24.7 Å². The van der Waals surface area contributed by atoms with Gasteiger partial charge in [0.25, 0.3) is 0 Å². The summed E-state index contributed by atoms with van der Waals surface area (Å²) >= 11 is 0. The third kappa shape index (κ3) is 7.77. The van der Waals surface area contributed by atoms with Crippen LogP contribution in [0.5, 0.6) is 0 Å². The van der Waals surface area contributed by atoms with Crippen molar-refractivity contribution in [2.75, 3.05) is 0 Å². The first-order chi connectivity index (χ1) is 14.3. The van der Waals surface area contributed by atoms with E-state index in [4.69, 9.17) is 14.2 Å². The Kier molecular flexibility index (Phi) is 8.04. The summed E-state index contributed by atoms with van der Waals surface area (Å²) in [5.41, 5.74) is 4.06. The molecule has 2 aliphatic rings. The molecule has 1 saturated carbocycles. The van der Waals surface area contributed by atoms with Crippen molar-refractivity contribution in [1.29, 1.82) is 0 Å². The number of aliphatic hydroxyl groups excluding tert-OH is 1. The summed E-state index contributed by atoms with van der Waals surface area (Å²) in [6.45, 7) is 8.85. The van der Waals surface area contributed by atoms with E-state index in [1.165, 1.54) is 0 Å². The first-order valence-electron chi connectivity index (χ1n) is 10.4. The second-order valence-corrected chi connectivity index (χ2v) is 9.34. The van der Waals surface area contributed by atoms with Gasteiger partial charge in [0.1, 0.15) is 23.9 Å². The molecule has 9 heteroatoms. The van der Waals surface area contributed by atoms with E-state index in [0.717, 1.165) is 5.56 Å². The lowest BCUT2D eigenvalue weighted by Crippen LogP contribution is -2.65. The average Bonchev–Trinajstić information content (AvgIpc) is 3.08. The number of carbonyl (C=O) groups is 2. The maximum Gasteiger partial charge on any atom is 0.408 e. The second kappa shape index (κ2) is 9.95. The van der Waals surface area contributed by atoms with Crippen molar-refractivity contribution in [2.24, 2.45) is 0 Å². The van der Waals surface area contributed by atoms with Crippen LogP contribution in [0.2, 0.25) is 0 Å². The molecule has 0 bridgehead atoms. The van der Waals surface area contributed by atoms with Gasteiger partial charge in [0.2, 0.25) is 0 Å². The van der Waals surface area contributed by atoms with Gasteiger partial charge in [0.05, 0.1) is 18.1 Å². The van der Waals surface area contributed by atoms with E-state index >= 15 is 0 Å². The molecule has 2 fully saturated rings. The predicted molar refractivity (Wildman–Crippen MR) is 109 cm³/mol. The molecular weight excluding hydrogens is 404 g/mol. The number of ether oxygens (including phenoxy) is 3. The van der Waals surface area contributed by atoms with Gasteiger partial charge in [-0.2, -0.15) is 0 Å². The van der Waals surface area contributed by atoms with Gasteiger partial charge in [-0.3, -0.25) is 0 Å². The van der Waals surface area contributed by atoms with E-state index in [0.29, 0.717) is 6.42 Å². The second-order valence-electron chi connectivity index (χ2n) is 9.34. The van der Waals surface area contributed by atoms with Crippen molar-refractivity contribution in [3.05, 3.63) is 35.9 Å². The Bertz CT molecular complexity index is 730. The number of carboxylic acids is 1. The van der Waals surface area contributed by atoms with Crippen LogP contribution in [0.15, 0.2) is 30.3 Å². The number of hydrogen-bond acceptors (Lipinski definition) is 7. The third-order valence-electron chi connectivity index (χ3n) is 4.81. The van der Waals surface area contributed by atoms with E-state index in [1.807, 2.05) is 19.9 Å². The topological polar surface area (TPSA) is 145 Å². The maximum atomic E-state index is 11.5. The molecule has 0 spiro atoms. The van der Waals surface area contributed by atoms with Crippen LogP contribution in [-0.2, 0) is 25.4 Å². The SMILES string of the molecule is CC(C)(C)OC(=O)N[C@@H](Cc1ccccc1)C(=O)[O-].CC1(C)O[C@@H]2[C@H](O1)[C@@H]([NH3+])C[C@H]2O. The van der Waals surface area contributed by atoms with Gasteiger partial charge < -0.3 is 40.3 Å². The van der Waals surface area contributed by atoms with Crippen molar-refractivity contribution < 1.29 is 39.7 Å². The minimum atomic E-state index is -1.34. The van der Waals surface area contributed by atoms with Gasteiger partial charge in [-0.25, -0.2) is 4.79 Å². The van der Waals surface area contributed by atoms with E-state index in [2.05, 4.69) is 11.1 Å². The first-order valence-corrected chi connectivity index (χ1v) is 10.4. The van der Waals surface area contributed by atoms with Gasteiger partial charge >= 0.3 is 6.09 Å². The van der Waals surface area contributed by atoms with Crippen LogP contribution in [0.3, 0.4) is 0 Å². The number of quaternary nitrogens is 1. The fourth-order valence-corrected chi connectivity index (χ4v) is 3.55. The molecule has 1 aromatic rings. The fraction of sp³-hybridized carbons (Fsp3) is 0.636. The van der Waals surface area contributed by atoms with E-state index < -0.39 is 35.6 Å². The number of hydrogen-bond donors (Lipinski definition) is 3. The summed E-state index contributed by atoms with van der Waals surface area (Å²) in [7, 11) is 0. The summed E-state index contributed by atoms with van der Waals surface area (Å²) < 4.78 is 16.2. The average molecular weight is 439 g/mol. The Labute approximate surface area is 182 Å². The predicted octanol–water partition coefficient (Wildman–Crippen LogP) is -0.246. The van der Waals surface area contributed by atoms with Gasteiger partial charge in [-0.05, 0) is 46.6 Å². The summed E-state index contributed by atoms with van der Waals surface area (Å²) in [5.74, 6) is -1.89. The molecule has 1 aliphatic heterocycles. The molecule has 1 amide bonds. The van der Waals surface area contributed by atoms with Crippen LogP contribution in [0.25, 0.3) is 0 Å². The molecule has 1 aromatic carbocycles. The minimum absolute atomic E-state index is 0.0185. The van der Waals surface area contributed by atoms with Crippen molar-refractivity contribution >= 4 is 12.1 Å². The van der Waals surface area contributed by atoms with Crippen molar-refractivity contribution in [3.8, 4) is 0 Å². The zero-order chi connectivity index (χ0) is 23.4. The zero-order valence-corrected chi connectivity index (χ0v) is 18.8. The molecule has 5 atom stereocenters. The smallest absolute Gasteiger partial charge is 0.408 e. The number of carboxylic acid groups (broad SMARTS) is 1. The maximum absolute atomic E-state index is 11.5. The molecular formula is C22H34N2O7. The first kappa shape index (κ1) is 25.1. The zero-order valence-electron chi connectivity index (χ0n) is 18.8. The summed E-state index contributed by atoms with van der Waals surface area (Å²) in [6.07, 6.45) is -0.511. The molecule has 31 heavy (non-hydrogen) atoms. The van der Waals surface area contributed by atoms with Gasteiger partial charge in [-0.1, -0.05) is 30.3 Å². The molecule has 0 aromatic heterocycles. The summed E-state index contributed by atoms with van der Waals surface area (Å²) in [6, 6.07) is 8.05. The van der Waals surface area contributed by atoms with E-state index in [9.17, 15) is 19.8 Å². The number of aliphatic hydroxyl groups is 1. The Balaban J connectivity index is 0.000000242. The van der Waals surface area contributed by atoms with Gasteiger partial charge in [0, 0.05) is 6.42 Å². The molecule has 1 heterocycles. The normalized spacial score (nSPS) is 27.5. The van der Waals surface area contributed by atoms with Crippen molar-refractivity contribution in [3.63, 3.8) is 0 Å². The molecule has 3 rings (SSSR count). The highest BCUT2D eigenvalue weighted by molar-refractivity contribution is 5.79. The van der Waals surface area contributed by atoms with Gasteiger partial charge in [-0.15, -0.1) is 0 Å². The van der Waals surface area contributed by atoms with Crippen molar-refractivity contribution in [2.45, 2.75) is 89.2 Å². The number of aliphatic carboxylic acids is 1. The minimum Gasteiger partial charge on any atom is -0.548 e. The Hall–Kier alpha value is -2.20. The number of amides is 1. The van der Waals surface area contributed by atoms with E-state index in [1.54, 1.807) is 45.0 Å². The number of rotatable bonds is 4. The highest BCUT2D eigenvalue weighted by Gasteiger charge is 2.54. The summed E-state index contributed by atoms with van der Waals surface area (Å²) in [4.78, 5) is 22.6. The molecule has 1 saturated heterocycles. The molecule has 174 valence electrons. The number of benzene rings is 1. The van der Waals surface area contributed by atoms with Crippen LogP contribution in [0, 0.1) is 0 Å². The summed E-state index contributed by atoms with van der Waals surface area (Å²) in [5, 5.41) is 22.9. The standard InChI is InChI=1S/C14H19NO4.C8H15NO3/c1-14(2,3)19-13(18)15-11(12(16)17)9-10-7-5-4-6-8-10;1-8(2)11-6-4(9)3-5(10)7(6)12-8/h4-8,11H,9H2,1-3H3,(H,15,18)(H,16,17);4-7,10H,3,9H2,1-2H3/t11-;4-,5+,6+,7-/m00/s1. The third-order valence-corrected chi connectivity index (χ3v) is 4.81. The molecule has 0 unspecified atom stereocenters. The van der Waals surface area contributed by atoms with Crippen LogP contribution < -0.4 is 16.2 Å². The van der Waals surface area contributed by atoms with Gasteiger partial charge in [0.15, 0.2) is 5.79 Å². The number of alkyl carbamates (subject to hydrolysis) is 1. The molecule has 5 N–H and O–H groups in total. The number of carbonyl (C=O) groups excluding carboxylic acids is 2. The quantitative estimate of drug-likeness (QED) is 0.588. The lowest BCUT2D eigenvalue weighted by Gasteiger charge is -2.24. The van der Waals surface area contributed by atoms with Crippen molar-refractivity contribution in [1.82, 2.24) is 5.32 Å². The molecule has 9 nitrogen and oxygen atoms in total. The Morgan fingerprint density at radius 3 is 2.35 bits per heavy atom.